The molecule has 0 unspecified atom stereocenters. The molecule has 5 heteroatoms. The molecule has 0 radical (unpaired) electrons. The lowest BCUT2D eigenvalue weighted by molar-refractivity contribution is -0.121. The van der Waals surface area contributed by atoms with Crippen LogP contribution in [0.2, 0.25) is 0 Å². The van der Waals surface area contributed by atoms with Gasteiger partial charge in [0.2, 0.25) is 5.91 Å². The summed E-state index contributed by atoms with van der Waals surface area (Å²) < 4.78 is 0. The van der Waals surface area contributed by atoms with Crippen LogP contribution in [-0.2, 0) is 17.6 Å². The Morgan fingerprint density at radius 3 is 2.20 bits per heavy atom. The highest BCUT2D eigenvalue weighted by atomic mass is 32.1. The van der Waals surface area contributed by atoms with Crippen LogP contribution in [0.4, 0.5) is 10.5 Å². The van der Waals surface area contributed by atoms with Crippen LogP contribution in [0.15, 0.2) is 48.5 Å². The van der Waals surface area contributed by atoms with Crippen molar-refractivity contribution in [3.8, 4) is 0 Å². The molecule has 132 valence electrons. The molecule has 2 N–H and O–H groups in total. The third kappa shape index (κ3) is 6.27. The Bertz CT molecular complexity index is 752. The highest BCUT2D eigenvalue weighted by Gasteiger charge is 2.17. The number of nitrogens with one attached hydrogen (secondary N) is 2. The van der Waals surface area contributed by atoms with Gasteiger partial charge < -0.3 is 10.6 Å². The van der Waals surface area contributed by atoms with E-state index in [0.717, 1.165) is 16.7 Å². The maximum atomic E-state index is 12.3. The van der Waals surface area contributed by atoms with Crippen LogP contribution >= 0.6 is 12.6 Å². The summed E-state index contributed by atoms with van der Waals surface area (Å²) in [6, 6.07) is 15.7. The van der Waals surface area contributed by atoms with Gasteiger partial charge in [0.25, 0.3) is 5.24 Å². The van der Waals surface area contributed by atoms with E-state index >= 15 is 0 Å². The van der Waals surface area contributed by atoms with E-state index in [-0.39, 0.29) is 17.9 Å². The molecule has 2 rings (SSSR count). The van der Waals surface area contributed by atoms with Gasteiger partial charge >= 0.3 is 0 Å². The van der Waals surface area contributed by atoms with Gasteiger partial charge in [0.1, 0.15) is 0 Å². The summed E-state index contributed by atoms with van der Waals surface area (Å²) in [6.45, 7) is 5.81. The second-order valence-corrected chi connectivity index (χ2v) is 7.42. The number of carbonyl (C=O) groups excluding carboxylic acids is 2. The number of para-hydroxylation sites is 1. The average molecular weight is 356 g/mol. The highest BCUT2D eigenvalue weighted by Crippen LogP contribution is 2.25. The van der Waals surface area contributed by atoms with Gasteiger partial charge in [-0.1, -0.05) is 61.2 Å². The predicted octanol–water partition coefficient (Wildman–Crippen LogP) is 4.20. The van der Waals surface area contributed by atoms with Crippen molar-refractivity contribution in [1.82, 2.24) is 5.32 Å². The Hall–Kier alpha value is -2.27. The second kappa shape index (κ2) is 8.21. The van der Waals surface area contributed by atoms with Crippen LogP contribution in [0.25, 0.3) is 0 Å². The molecule has 4 nitrogen and oxygen atoms in total. The zero-order valence-corrected chi connectivity index (χ0v) is 15.7. The van der Waals surface area contributed by atoms with Gasteiger partial charge in [-0.2, -0.15) is 0 Å². The quantitative estimate of drug-likeness (QED) is 0.703. The molecule has 0 aromatic heterocycles. The van der Waals surface area contributed by atoms with E-state index in [2.05, 4.69) is 23.3 Å². The van der Waals surface area contributed by atoms with Crippen molar-refractivity contribution in [3.05, 3.63) is 65.2 Å². The van der Waals surface area contributed by atoms with Crippen molar-refractivity contribution < 1.29 is 9.59 Å². The minimum atomic E-state index is -0.446. The Kier molecular flexibility index (Phi) is 6.26. The molecule has 0 aliphatic heterocycles. The summed E-state index contributed by atoms with van der Waals surface area (Å²) in [7, 11) is 0. The van der Waals surface area contributed by atoms with Gasteiger partial charge in [-0.25, -0.2) is 0 Å². The zero-order valence-electron chi connectivity index (χ0n) is 14.8. The van der Waals surface area contributed by atoms with Crippen molar-refractivity contribution in [2.75, 3.05) is 5.32 Å². The molecule has 2 aromatic rings. The fraction of sp³-hybridized carbons (Fsp3) is 0.300. The topological polar surface area (TPSA) is 58.2 Å². The monoisotopic (exact) mass is 356 g/mol. The molecule has 0 aliphatic carbocycles. The van der Waals surface area contributed by atoms with Crippen LogP contribution in [0.3, 0.4) is 0 Å². The lowest BCUT2D eigenvalue weighted by Crippen LogP contribution is -2.41. The first-order valence-corrected chi connectivity index (χ1v) is 8.65. The molecule has 0 saturated heterocycles. The Balaban J connectivity index is 2.31. The van der Waals surface area contributed by atoms with Gasteiger partial charge in [-0.3, -0.25) is 9.59 Å². The molecular weight excluding hydrogens is 332 g/mol. The number of hydrogen-bond donors (Lipinski definition) is 3. The number of amides is 2. The number of thiol groups is 1. The van der Waals surface area contributed by atoms with Crippen LogP contribution in [-0.4, -0.2) is 16.7 Å². The maximum absolute atomic E-state index is 12.3. The summed E-state index contributed by atoms with van der Waals surface area (Å²) in [5.74, 6) is -0.0842. The van der Waals surface area contributed by atoms with E-state index in [0.29, 0.717) is 12.1 Å². The van der Waals surface area contributed by atoms with Gasteiger partial charge in [-0.05, 0) is 43.9 Å². The Morgan fingerprint density at radius 1 is 0.960 bits per heavy atom. The summed E-state index contributed by atoms with van der Waals surface area (Å²) in [6.07, 6.45) is 0.863. The van der Waals surface area contributed by atoms with Crippen molar-refractivity contribution >= 4 is 29.5 Å². The Morgan fingerprint density at radius 2 is 1.60 bits per heavy atom. The molecule has 2 aromatic carbocycles. The SMILES string of the molecule is CC(C)(C)NC(=O)Cc1cccc(Cc2ccccc2)c1NC(=O)S. The number of benzene rings is 2. The maximum Gasteiger partial charge on any atom is 0.280 e. The van der Waals surface area contributed by atoms with Crippen LogP contribution in [0.1, 0.15) is 37.5 Å². The molecule has 0 aliphatic rings. The molecule has 0 spiro atoms. The van der Waals surface area contributed by atoms with Gasteiger partial charge in [-0.15, -0.1) is 0 Å². The first-order valence-electron chi connectivity index (χ1n) is 8.20. The summed E-state index contributed by atoms with van der Waals surface area (Å²) in [5.41, 5.74) is 3.22. The molecule has 0 heterocycles. The summed E-state index contributed by atoms with van der Waals surface area (Å²) in [4.78, 5) is 23.8. The van der Waals surface area contributed by atoms with Crippen LogP contribution < -0.4 is 10.6 Å². The number of rotatable bonds is 5. The Labute approximate surface area is 154 Å². The summed E-state index contributed by atoms with van der Waals surface area (Å²) in [5, 5.41) is 5.28. The van der Waals surface area contributed by atoms with Crippen molar-refractivity contribution in [2.45, 2.75) is 39.2 Å². The molecule has 0 fully saturated rings. The minimum Gasteiger partial charge on any atom is -0.351 e. The fourth-order valence-electron chi connectivity index (χ4n) is 2.67. The molecule has 25 heavy (non-hydrogen) atoms. The highest BCUT2D eigenvalue weighted by molar-refractivity contribution is 7.96. The predicted molar refractivity (Wildman–Crippen MR) is 105 cm³/mol. The molecular formula is C20H24N2O2S. The third-order valence-electron chi connectivity index (χ3n) is 3.57. The largest absolute Gasteiger partial charge is 0.351 e. The third-order valence-corrected chi connectivity index (χ3v) is 3.68. The molecule has 0 bridgehead atoms. The average Bonchev–Trinajstić information content (AvgIpc) is 2.49. The first kappa shape index (κ1) is 19.1. The standard InChI is InChI=1S/C20H24N2O2S/c1-20(2,3)22-17(23)13-16-11-7-10-15(18(16)21-19(24)25)12-14-8-5-4-6-9-14/h4-11H,12-13H2,1-3H3,(H,22,23)(H2,21,24,25). The van der Waals surface area contributed by atoms with Crippen LogP contribution in [0, 0.1) is 0 Å². The number of carbonyl (C=O) groups is 2. The second-order valence-electron chi connectivity index (χ2n) is 7.02. The van der Waals surface area contributed by atoms with Gasteiger partial charge in [0.15, 0.2) is 0 Å². The van der Waals surface area contributed by atoms with Gasteiger partial charge in [0.05, 0.1) is 6.42 Å². The first-order chi connectivity index (χ1) is 11.7. The normalized spacial score (nSPS) is 11.0. The van der Waals surface area contributed by atoms with Crippen LogP contribution in [0.5, 0.6) is 0 Å². The molecule has 2 amide bonds. The lowest BCUT2D eigenvalue weighted by atomic mass is 9.98. The van der Waals surface area contributed by atoms with Crippen molar-refractivity contribution in [1.29, 1.82) is 0 Å². The van der Waals surface area contributed by atoms with E-state index in [1.54, 1.807) is 0 Å². The van der Waals surface area contributed by atoms with E-state index in [1.165, 1.54) is 0 Å². The smallest absolute Gasteiger partial charge is 0.280 e. The van der Waals surface area contributed by atoms with E-state index in [9.17, 15) is 9.59 Å². The fourth-order valence-corrected chi connectivity index (χ4v) is 2.78. The minimum absolute atomic E-state index is 0.0842. The van der Waals surface area contributed by atoms with E-state index < -0.39 is 5.24 Å². The number of hydrogen-bond acceptors (Lipinski definition) is 2. The van der Waals surface area contributed by atoms with E-state index in [4.69, 9.17) is 0 Å². The lowest BCUT2D eigenvalue weighted by Gasteiger charge is -2.21. The number of anilines is 1. The van der Waals surface area contributed by atoms with Crippen molar-refractivity contribution in [3.63, 3.8) is 0 Å². The van der Waals surface area contributed by atoms with Gasteiger partial charge in [0, 0.05) is 11.2 Å². The van der Waals surface area contributed by atoms with E-state index in [1.807, 2.05) is 69.3 Å². The molecule has 0 atom stereocenters. The zero-order chi connectivity index (χ0) is 18.4. The van der Waals surface area contributed by atoms with Crippen molar-refractivity contribution in [2.24, 2.45) is 0 Å². The summed E-state index contributed by atoms with van der Waals surface area (Å²) >= 11 is 3.84. The molecule has 0 saturated carbocycles.